The van der Waals surface area contributed by atoms with Crippen LogP contribution in [0.5, 0.6) is 0 Å². The number of halogens is 2. The van der Waals surface area contributed by atoms with Gasteiger partial charge in [-0.3, -0.25) is 9.59 Å². The highest BCUT2D eigenvalue weighted by Gasteiger charge is 2.21. The molecular weight excluding hydrogens is 333 g/mol. The number of nitrogens with one attached hydrogen (secondary N) is 1. The van der Waals surface area contributed by atoms with Crippen molar-refractivity contribution in [2.75, 3.05) is 11.9 Å². The maximum Gasteiger partial charge on any atom is 0.250 e. The topological polar surface area (TPSA) is 46.2 Å². The smallest absolute Gasteiger partial charge is 0.250 e. The van der Waals surface area contributed by atoms with Gasteiger partial charge in [-0.2, -0.15) is 0 Å². The van der Waals surface area contributed by atoms with Crippen molar-refractivity contribution in [3.05, 3.63) is 84.6 Å². The number of hydrogen-bond acceptors (Lipinski definition) is 3. The molecule has 0 aliphatic carbocycles. The summed E-state index contributed by atoms with van der Waals surface area (Å²) in [5, 5.41) is 4.35. The Bertz CT molecular complexity index is 892. The SMILES string of the molecule is O=c1c(NCCc2ccc(Cl)cc2)c(-c2ccc(Cl)cc2)c1=O. The molecule has 0 bridgehead atoms. The third-order valence-electron chi connectivity index (χ3n) is 3.67. The summed E-state index contributed by atoms with van der Waals surface area (Å²) < 4.78 is 0. The Morgan fingerprint density at radius 2 is 1.35 bits per heavy atom. The molecule has 1 N–H and O–H groups in total. The number of benzene rings is 2. The second-order valence-corrected chi connectivity index (χ2v) is 6.09. The maximum absolute atomic E-state index is 11.8. The molecule has 0 heterocycles. The van der Waals surface area contributed by atoms with E-state index in [1.165, 1.54) is 0 Å². The van der Waals surface area contributed by atoms with Crippen molar-refractivity contribution in [3.8, 4) is 11.1 Å². The van der Waals surface area contributed by atoms with E-state index in [4.69, 9.17) is 23.2 Å². The van der Waals surface area contributed by atoms with Gasteiger partial charge < -0.3 is 5.32 Å². The van der Waals surface area contributed by atoms with E-state index in [0.717, 1.165) is 12.0 Å². The number of rotatable bonds is 5. The normalized spacial score (nSPS) is 10.9. The van der Waals surface area contributed by atoms with Crippen molar-refractivity contribution in [2.45, 2.75) is 6.42 Å². The molecule has 5 heteroatoms. The molecule has 3 aromatic rings. The highest BCUT2D eigenvalue weighted by molar-refractivity contribution is 6.30. The lowest BCUT2D eigenvalue weighted by molar-refractivity contribution is 1.01. The Labute approximate surface area is 143 Å². The van der Waals surface area contributed by atoms with E-state index in [-0.39, 0.29) is 0 Å². The van der Waals surface area contributed by atoms with Gasteiger partial charge in [0.05, 0.1) is 11.3 Å². The summed E-state index contributed by atoms with van der Waals surface area (Å²) in [7, 11) is 0. The highest BCUT2D eigenvalue weighted by Crippen LogP contribution is 2.25. The third kappa shape index (κ3) is 3.31. The highest BCUT2D eigenvalue weighted by atomic mass is 35.5. The first kappa shape index (κ1) is 15.8. The Morgan fingerprint density at radius 1 is 0.783 bits per heavy atom. The monoisotopic (exact) mass is 345 g/mol. The Balaban J connectivity index is 1.73. The average Bonchev–Trinajstić information content (AvgIpc) is 2.56. The standard InChI is InChI=1S/C18H13Cl2NO2/c19-13-5-1-11(2-6-13)9-10-21-16-15(17(22)18(16)23)12-3-7-14(20)8-4-12/h1-8,21H,9-10H2. The molecule has 0 unspecified atom stereocenters. The molecule has 0 atom stereocenters. The molecular formula is C18H13Cl2NO2. The van der Waals surface area contributed by atoms with Crippen LogP contribution in [0.2, 0.25) is 10.0 Å². The van der Waals surface area contributed by atoms with E-state index in [9.17, 15) is 9.59 Å². The molecule has 3 aromatic carbocycles. The van der Waals surface area contributed by atoms with Crippen molar-refractivity contribution in [2.24, 2.45) is 0 Å². The van der Waals surface area contributed by atoms with Gasteiger partial charge in [0.25, 0.3) is 0 Å². The van der Waals surface area contributed by atoms with Crippen LogP contribution in [0.1, 0.15) is 5.56 Å². The first-order chi connectivity index (χ1) is 11.1. The molecule has 0 aromatic heterocycles. The fourth-order valence-electron chi connectivity index (χ4n) is 2.44. The zero-order valence-electron chi connectivity index (χ0n) is 12.1. The van der Waals surface area contributed by atoms with Gasteiger partial charge >= 0.3 is 0 Å². The average molecular weight is 346 g/mol. The van der Waals surface area contributed by atoms with Gasteiger partial charge in [0, 0.05) is 16.6 Å². The van der Waals surface area contributed by atoms with Gasteiger partial charge in [-0.15, -0.1) is 0 Å². The number of hydrogen-bond donors (Lipinski definition) is 1. The zero-order chi connectivity index (χ0) is 16.4. The molecule has 0 aliphatic rings. The van der Waals surface area contributed by atoms with Gasteiger partial charge in [-0.25, -0.2) is 0 Å². The van der Waals surface area contributed by atoms with Crippen LogP contribution in [-0.2, 0) is 6.42 Å². The molecule has 0 aliphatic heterocycles. The lowest BCUT2D eigenvalue weighted by Crippen LogP contribution is -2.36. The lowest BCUT2D eigenvalue weighted by Gasteiger charge is -2.13. The van der Waals surface area contributed by atoms with Gasteiger partial charge in [0.1, 0.15) is 0 Å². The molecule has 0 spiro atoms. The minimum absolute atomic E-state index is 0.381. The summed E-state index contributed by atoms with van der Waals surface area (Å²) in [6.45, 7) is 0.563. The van der Waals surface area contributed by atoms with E-state index in [1.807, 2.05) is 24.3 Å². The minimum atomic E-state index is -0.467. The molecule has 0 fully saturated rings. The van der Waals surface area contributed by atoms with Crippen LogP contribution in [-0.4, -0.2) is 6.54 Å². The van der Waals surface area contributed by atoms with Crippen LogP contribution in [0.15, 0.2) is 58.1 Å². The first-order valence-electron chi connectivity index (χ1n) is 7.14. The van der Waals surface area contributed by atoms with E-state index in [1.54, 1.807) is 24.3 Å². The van der Waals surface area contributed by atoms with Crippen LogP contribution in [0, 0.1) is 0 Å². The molecule has 0 amide bonds. The Morgan fingerprint density at radius 3 is 1.96 bits per heavy atom. The van der Waals surface area contributed by atoms with Crippen LogP contribution in [0.25, 0.3) is 11.1 Å². The molecule has 23 heavy (non-hydrogen) atoms. The van der Waals surface area contributed by atoms with E-state index in [2.05, 4.69) is 5.32 Å². The Hall–Kier alpha value is -2.10. The predicted octanol–water partition coefficient (Wildman–Crippen LogP) is 3.91. The number of anilines is 1. The molecule has 3 nitrogen and oxygen atoms in total. The molecule has 0 saturated carbocycles. The summed E-state index contributed by atoms with van der Waals surface area (Å²) in [5.74, 6) is 0. The summed E-state index contributed by atoms with van der Waals surface area (Å²) in [4.78, 5) is 23.6. The maximum atomic E-state index is 11.8. The lowest BCUT2D eigenvalue weighted by atomic mass is 9.98. The quantitative estimate of drug-likeness (QED) is 0.713. The van der Waals surface area contributed by atoms with Crippen LogP contribution < -0.4 is 16.2 Å². The second kappa shape index (κ2) is 6.57. The van der Waals surface area contributed by atoms with Crippen LogP contribution in [0.4, 0.5) is 5.69 Å². The van der Waals surface area contributed by atoms with Crippen molar-refractivity contribution < 1.29 is 0 Å². The largest absolute Gasteiger partial charge is 0.381 e. The zero-order valence-corrected chi connectivity index (χ0v) is 13.6. The first-order valence-corrected chi connectivity index (χ1v) is 7.89. The predicted molar refractivity (Wildman–Crippen MR) is 95.4 cm³/mol. The molecule has 0 radical (unpaired) electrons. The van der Waals surface area contributed by atoms with E-state index in [0.29, 0.717) is 33.4 Å². The van der Waals surface area contributed by atoms with Gasteiger partial charge in [0.15, 0.2) is 0 Å². The summed E-state index contributed by atoms with van der Waals surface area (Å²) in [6, 6.07) is 14.4. The van der Waals surface area contributed by atoms with E-state index < -0.39 is 10.9 Å². The molecule has 0 saturated heterocycles. The fourth-order valence-corrected chi connectivity index (χ4v) is 2.69. The minimum Gasteiger partial charge on any atom is -0.381 e. The van der Waals surface area contributed by atoms with Crippen molar-refractivity contribution >= 4 is 28.9 Å². The van der Waals surface area contributed by atoms with E-state index >= 15 is 0 Å². The summed E-state index contributed by atoms with van der Waals surface area (Å²) in [6.07, 6.45) is 0.732. The Kier molecular flexibility index (Phi) is 4.51. The third-order valence-corrected chi connectivity index (χ3v) is 4.18. The van der Waals surface area contributed by atoms with Crippen LogP contribution >= 0.6 is 23.2 Å². The fraction of sp³-hybridized carbons (Fsp3) is 0.111. The molecule has 3 rings (SSSR count). The second-order valence-electron chi connectivity index (χ2n) is 5.22. The summed E-state index contributed by atoms with van der Waals surface area (Å²) >= 11 is 11.7. The van der Waals surface area contributed by atoms with Crippen molar-refractivity contribution in [1.82, 2.24) is 0 Å². The van der Waals surface area contributed by atoms with Crippen molar-refractivity contribution in [1.29, 1.82) is 0 Å². The molecule has 116 valence electrons. The van der Waals surface area contributed by atoms with Gasteiger partial charge in [-0.05, 0) is 41.8 Å². The summed E-state index contributed by atoms with van der Waals surface area (Å²) in [5.41, 5.74) is 1.70. The van der Waals surface area contributed by atoms with Gasteiger partial charge in [-0.1, -0.05) is 47.5 Å². The van der Waals surface area contributed by atoms with Crippen molar-refractivity contribution in [3.63, 3.8) is 0 Å². The van der Waals surface area contributed by atoms with Crippen LogP contribution in [0.3, 0.4) is 0 Å². The van der Waals surface area contributed by atoms with Gasteiger partial charge in [0.2, 0.25) is 10.9 Å².